The molecule has 1 saturated heterocycles. The molecule has 0 aromatic carbocycles. The highest BCUT2D eigenvalue weighted by Gasteiger charge is 2.27. The molecule has 0 spiro atoms. The minimum atomic E-state index is 0.267. The Morgan fingerprint density at radius 1 is 1.29 bits per heavy atom. The third-order valence-corrected chi connectivity index (χ3v) is 3.75. The van der Waals surface area contributed by atoms with Gasteiger partial charge >= 0.3 is 0 Å². The smallest absolute Gasteiger partial charge is 0.104 e. The van der Waals surface area contributed by atoms with Gasteiger partial charge in [0.2, 0.25) is 0 Å². The summed E-state index contributed by atoms with van der Waals surface area (Å²) in [6.45, 7) is 11.2. The van der Waals surface area contributed by atoms with Crippen molar-refractivity contribution in [3.05, 3.63) is 23.7 Å². The van der Waals surface area contributed by atoms with E-state index in [1.165, 1.54) is 0 Å². The largest absolute Gasteiger partial charge is 0.466 e. The van der Waals surface area contributed by atoms with Gasteiger partial charge in [-0.25, -0.2) is 0 Å². The van der Waals surface area contributed by atoms with Crippen molar-refractivity contribution in [2.45, 2.75) is 39.2 Å². The Morgan fingerprint density at radius 3 is 2.59 bits per heavy atom. The van der Waals surface area contributed by atoms with Gasteiger partial charge in [0.05, 0.1) is 0 Å². The molecule has 1 aromatic rings. The predicted octanol–water partition coefficient (Wildman–Crippen LogP) is 2.20. The topological polar surface area (TPSA) is 28.4 Å². The second-order valence-electron chi connectivity index (χ2n) is 5.56. The second-order valence-corrected chi connectivity index (χ2v) is 5.56. The Hall–Kier alpha value is -0.800. The zero-order valence-corrected chi connectivity index (χ0v) is 11.3. The van der Waals surface area contributed by atoms with Gasteiger partial charge < -0.3 is 9.73 Å². The highest BCUT2D eigenvalue weighted by atomic mass is 16.3. The highest BCUT2D eigenvalue weighted by molar-refractivity contribution is 5.06. The van der Waals surface area contributed by atoms with Gasteiger partial charge in [0, 0.05) is 38.1 Å². The molecule has 0 radical (unpaired) electrons. The van der Waals surface area contributed by atoms with E-state index in [4.69, 9.17) is 4.42 Å². The molecule has 1 N–H and O–H groups in total. The Morgan fingerprint density at radius 2 is 2.00 bits per heavy atom. The number of hydrogen-bond acceptors (Lipinski definition) is 3. The van der Waals surface area contributed by atoms with E-state index in [2.05, 4.69) is 30.1 Å². The maximum Gasteiger partial charge on any atom is 0.104 e. The molecule has 1 aliphatic heterocycles. The van der Waals surface area contributed by atoms with E-state index in [0.717, 1.165) is 50.5 Å². The fourth-order valence-corrected chi connectivity index (χ4v) is 2.48. The normalized spacial score (nSPS) is 18.5. The van der Waals surface area contributed by atoms with Crippen LogP contribution < -0.4 is 5.32 Å². The quantitative estimate of drug-likeness (QED) is 0.869. The van der Waals surface area contributed by atoms with Gasteiger partial charge in [-0.2, -0.15) is 0 Å². The molecule has 0 aliphatic carbocycles. The first-order valence-corrected chi connectivity index (χ1v) is 6.59. The average molecular weight is 236 g/mol. The third-order valence-electron chi connectivity index (χ3n) is 3.75. The summed E-state index contributed by atoms with van der Waals surface area (Å²) in [5.41, 5.74) is 0.267. The van der Waals surface area contributed by atoms with Gasteiger partial charge in [-0.05, 0) is 39.3 Å². The van der Waals surface area contributed by atoms with Crippen molar-refractivity contribution in [2.24, 2.45) is 0 Å². The summed E-state index contributed by atoms with van der Waals surface area (Å²) in [5.74, 6) is 2.13. The number of hydrogen-bond donors (Lipinski definition) is 1. The van der Waals surface area contributed by atoms with Crippen LogP contribution in [0.5, 0.6) is 0 Å². The second kappa shape index (κ2) is 5.23. The molecule has 0 saturated carbocycles. The van der Waals surface area contributed by atoms with Crippen LogP contribution in [0.25, 0.3) is 0 Å². The molecule has 2 rings (SSSR count). The summed E-state index contributed by atoms with van der Waals surface area (Å²) in [6.07, 6.45) is 2.19. The van der Waals surface area contributed by atoms with Gasteiger partial charge in [0.15, 0.2) is 0 Å². The number of nitrogens with one attached hydrogen (secondary N) is 1. The maximum atomic E-state index is 5.64. The van der Waals surface area contributed by atoms with E-state index in [1.54, 1.807) is 0 Å². The Kier molecular flexibility index (Phi) is 3.89. The lowest BCUT2D eigenvalue weighted by atomic mass is 9.94. The van der Waals surface area contributed by atoms with Crippen LogP contribution in [0, 0.1) is 6.92 Å². The molecule has 1 fully saturated rings. The van der Waals surface area contributed by atoms with Crippen LogP contribution in [0.3, 0.4) is 0 Å². The first-order valence-electron chi connectivity index (χ1n) is 6.59. The van der Waals surface area contributed by atoms with Crippen molar-refractivity contribution in [2.75, 3.05) is 26.2 Å². The molecular weight excluding hydrogens is 212 g/mol. The summed E-state index contributed by atoms with van der Waals surface area (Å²) < 4.78 is 5.64. The molecule has 0 bridgehead atoms. The minimum Gasteiger partial charge on any atom is -0.466 e. The van der Waals surface area contributed by atoms with Crippen molar-refractivity contribution in [3.63, 3.8) is 0 Å². The molecule has 0 unspecified atom stereocenters. The lowest BCUT2D eigenvalue weighted by Crippen LogP contribution is -2.53. The van der Waals surface area contributed by atoms with Gasteiger partial charge in [-0.15, -0.1) is 0 Å². The zero-order chi connectivity index (χ0) is 12.3. The van der Waals surface area contributed by atoms with Crippen LogP contribution in [-0.4, -0.2) is 36.6 Å². The van der Waals surface area contributed by atoms with Crippen molar-refractivity contribution in [3.8, 4) is 0 Å². The first-order chi connectivity index (χ1) is 8.08. The number of nitrogens with zero attached hydrogens (tertiary/aromatic N) is 1. The predicted molar refractivity (Wildman–Crippen MR) is 70.3 cm³/mol. The summed E-state index contributed by atoms with van der Waals surface area (Å²) in [4.78, 5) is 2.58. The maximum absolute atomic E-state index is 5.64. The molecule has 0 amide bonds. The van der Waals surface area contributed by atoms with Crippen molar-refractivity contribution in [1.82, 2.24) is 10.2 Å². The number of aryl methyl sites for hydroxylation is 2. The standard InChI is InChI=1S/C14H24N2O/c1-12-4-5-13(17-12)6-7-14(2,3)16-10-8-15-9-11-16/h4-5,15H,6-11H2,1-3H3. The Bertz CT molecular complexity index is 351. The molecule has 1 aromatic heterocycles. The Labute approximate surface area is 104 Å². The minimum absolute atomic E-state index is 0.267. The van der Waals surface area contributed by atoms with Gasteiger partial charge in [-0.1, -0.05) is 0 Å². The van der Waals surface area contributed by atoms with E-state index >= 15 is 0 Å². The van der Waals surface area contributed by atoms with Crippen LogP contribution in [0.4, 0.5) is 0 Å². The third kappa shape index (κ3) is 3.33. The summed E-state index contributed by atoms with van der Waals surface area (Å²) in [6, 6.07) is 4.15. The van der Waals surface area contributed by atoms with Crippen LogP contribution in [-0.2, 0) is 6.42 Å². The number of piperazine rings is 1. The zero-order valence-electron chi connectivity index (χ0n) is 11.3. The van der Waals surface area contributed by atoms with Gasteiger partial charge in [-0.3, -0.25) is 4.90 Å². The van der Waals surface area contributed by atoms with E-state index in [1.807, 2.05) is 13.0 Å². The number of furan rings is 1. The first kappa shape index (κ1) is 12.7. The van der Waals surface area contributed by atoms with Gasteiger partial charge in [0.25, 0.3) is 0 Å². The molecule has 3 nitrogen and oxygen atoms in total. The van der Waals surface area contributed by atoms with Crippen LogP contribution >= 0.6 is 0 Å². The lowest BCUT2D eigenvalue weighted by Gasteiger charge is -2.41. The van der Waals surface area contributed by atoms with Crippen molar-refractivity contribution >= 4 is 0 Å². The molecule has 0 atom stereocenters. The monoisotopic (exact) mass is 236 g/mol. The van der Waals surface area contributed by atoms with E-state index < -0.39 is 0 Å². The molecule has 2 heterocycles. The fraction of sp³-hybridized carbons (Fsp3) is 0.714. The summed E-state index contributed by atoms with van der Waals surface area (Å²) in [7, 11) is 0. The van der Waals surface area contributed by atoms with Crippen LogP contribution in [0.2, 0.25) is 0 Å². The molecule has 17 heavy (non-hydrogen) atoms. The summed E-state index contributed by atoms with van der Waals surface area (Å²) >= 11 is 0. The molecule has 1 aliphatic rings. The average Bonchev–Trinajstić information content (AvgIpc) is 2.74. The molecular formula is C14H24N2O. The van der Waals surface area contributed by atoms with Crippen LogP contribution in [0.15, 0.2) is 16.5 Å². The van der Waals surface area contributed by atoms with Crippen molar-refractivity contribution in [1.29, 1.82) is 0 Å². The lowest BCUT2D eigenvalue weighted by molar-refractivity contribution is 0.0945. The van der Waals surface area contributed by atoms with E-state index in [-0.39, 0.29) is 5.54 Å². The molecule has 3 heteroatoms. The van der Waals surface area contributed by atoms with E-state index in [9.17, 15) is 0 Å². The van der Waals surface area contributed by atoms with E-state index in [0.29, 0.717) is 0 Å². The SMILES string of the molecule is Cc1ccc(CCC(C)(C)N2CCNCC2)o1. The Balaban J connectivity index is 1.87. The summed E-state index contributed by atoms with van der Waals surface area (Å²) in [5, 5.41) is 3.40. The fourth-order valence-electron chi connectivity index (χ4n) is 2.48. The van der Waals surface area contributed by atoms with Crippen molar-refractivity contribution < 1.29 is 4.42 Å². The number of rotatable bonds is 4. The highest BCUT2D eigenvalue weighted by Crippen LogP contribution is 2.22. The van der Waals surface area contributed by atoms with Crippen LogP contribution in [0.1, 0.15) is 31.8 Å². The van der Waals surface area contributed by atoms with Gasteiger partial charge in [0.1, 0.15) is 11.5 Å². The molecule has 96 valence electrons.